The Labute approximate surface area is 92.7 Å². The molecule has 1 aromatic rings. The highest BCUT2D eigenvalue weighted by Gasteiger charge is 2.23. The van der Waals surface area contributed by atoms with Crippen LogP contribution in [0.2, 0.25) is 5.02 Å². The van der Waals surface area contributed by atoms with Gasteiger partial charge in [-0.3, -0.25) is 4.79 Å². The maximum Gasteiger partial charge on any atom is 0.253 e. The minimum absolute atomic E-state index is 0.0489. The van der Waals surface area contributed by atoms with E-state index in [1.807, 2.05) is 0 Å². The summed E-state index contributed by atoms with van der Waals surface area (Å²) in [5.74, 6) is -0.0489. The number of carbonyl (C=O) groups is 1. The summed E-state index contributed by atoms with van der Waals surface area (Å²) in [5.41, 5.74) is 1.41. The smallest absolute Gasteiger partial charge is 0.253 e. The lowest BCUT2D eigenvalue weighted by Crippen LogP contribution is -2.19. The van der Waals surface area contributed by atoms with Crippen LogP contribution in [-0.2, 0) is 4.79 Å². The fourth-order valence-corrected chi connectivity index (χ4v) is 1.47. The predicted molar refractivity (Wildman–Crippen MR) is 61.2 cm³/mol. The molecule has 0 saturated carbocycles. The summed E-state index contributed by atoms with van der Waals surface area (Å²) in [4.78, 5) is 11.6. The third-order valence-electron chi connectivity index (χ3n) is 2.10. The standard InChI is InChI=1S/C11H9ClN2O/c1-2-9-7-11(15)14(13-9)10-5-3-8(12)4-6-10/h2-6H,1,7H2. The highest BCUT2D eigenvalue weighted by atomic mass is 35.5. The summed E-state index contributed by atoms with van der Waals surface area (Å²) in [6.07, 6.45) is 1.90. The van der Waals surface area contributed by atoms with Crippen molar-refractivity contribution in [2.45, 2.75) is 6.42 Å². The lowest BCUT2D eigenvalue weighted by Gasteiger charge is -2.10. The van der Waals surface area contributed by atoms with Gasteiger partial charge < -0.3 is 0 Å². The number of carbonyl (C=O) groups excluding carboxylic acids is 1. The average Bonchev–Trinajstić information content (AvgIpc) is 2.61. The summed E-state index contributed by atoms with van der Waals surface area (Å²) in [5, 5.41) is 6.13. The molecule has 76 valence electrons. The van der Waals surface area contributed by atoms with E-state index in [0.29, 0.717) is 17.2 Å². The van der Waals surface area contributed by atoms with Gasteiger partial charge in [-0.15, -0.1) is 0 Å². The van der Waals surface area contributed by atoms with Crippen LogP contribution in [0.4, 0.5) is 5.69 Å². The van der Waals surface area contributed by atoms with Gasteiger partial charge in [-0.25, -0.2) is 5.01 Å². The van der Waals surface area contributed by atoms with Gasteiger partial charge in [0.25, 0.3) is 5.91 Å². The molecule has 1 aromatic carbocycles. The number of benzene rings is 1. The fourth-order valence-electron chi connectivity index (χ4n) is 1.35. The lowest BCUT2D eigenvalue weighted by atomic mass is 10.2. The number of halogens is 1. The van der Waals surface area contributed by atoms with E-state index in [0.717, 1.165) is 5.69 Å². The first kappa shape index (κ1) is 9.93. The van der Waals surface area contributed by atoms with Crippen LogP contribution in [0.1, 0.15) is 6.42 Å². The first-order valence-electron chi connectivity index (χ1n) is 4.49. The van der Waals surface area contributed by atoms with E-state index in [2.05, 4.69) is 11.7 Å². The number of amides is 1. The zero-order valence-corrected chi connectivity index (χ0v) is 8.74. The molecule has 0 aliphatic carbocycles. The van der Waals surface area contributed by atoms with Crippen molar-refractivity contribution in [2.24, 2.45) is 5.10 Å². The Kier molecular flexibility index (Phi) is 2.56. The van der Waals surface area contributed by atoms with Crippen molar-refractivity contribution in [3.63, 3.8) is 0 Å². The zero-order chi connectivity index (χ0) is 10.8. The topological polar surface area (TPSA) is 32.7 Å². The summed E-state index contributed by atoms with van der Waals surface area (Å²) in [6.45, 7) is 3.59. The number of nitrogens with zero attached hydrogens (tertiary/aromatic N) is 2. The molecule has 0 unspecified atom stereocenters. The van der Waals surface area contributed by atoms with Gasteiger partial charge in [0.2, 0.25) is 0 Å². The Bertz CT molecular complexity index is 436. The highest BCUT2D eigenvalue weighted by molar-refractivity contribution is 6.30. The van der Waals surface area contributed by atoms with Crippen LogP contribution >= 0.6 is 11.6 Å². The molecule has 0 N–H and O–H groups in total. The molecule has 0 atom stereocenters. The van der Waals surface area contributed by atoms with Crippen LogP contribution in [0.15, 0.2) is 42.0 Å². The number of anilines is 1. The first-order chi connectivity index (χ1) is 7.20. The van der Waals surface area contributed by atoms with E-state index in [1.165, 1.54) is 5.01 Å². The van der Waals surface area contributed by atoms with Crippen molar-refractivity contribution in [3.05, 3.63) is 41.9 Å². The van der Waals surface area contributed by atoms with E-state index < -0.39 is 0 Å². The fraction of sp³-hybridized carbons (Fsp3) is 0.0909. The Balaban J connectivity index is 2.31. The van der Waals surface area contributed by atoms with Crippen LogP contribution in [0, 0.1) is 0 Å². The van der Waals surface area contributed by atoms with Gasteiger partial charge in [0.15, 0.2) is 0 Å². The van der Waals surface area contributed by atoms with Crippen LogP contribution in [-0.4, -0.2) is 11.6 Å². The quantitative estimate of drug-likeness (QED) is 0.754. The number of allylic oxidation sites excluding steroid dienone is 1. The van der Waals surface area contributed by atoms with Gasteiger partial charge in [0.05, 0.1) is 17.8 Å². The first-order valence-corrected chi connectivity index (χ1v) is 4.87. The average molecular weight is 221 g/mol. The largest absolute Gasteiger partial charge is 0.272 e. The van der Waals surface area contributed by atoms with Crippen molar-refractivity contribution in [1.29, 1.82) is 0 Å². The van der Waals surface area contributed by atoms with Gasteiger partial charge in [0.1, 0.15) is 0 Å². The molecule has 2 rings (SSSR count). The molecule has 0 saturated heterocycles. The van der Waals surface area contributed by atoms with Crippen molar-refractivity contribution < 1.29 is 4.79 Å². The van der Waals surface area contributed by atoms with Crippen LogP contribution in [0.5, 0.6) is 0 Å². The summed E-state index contributed by atoms with van der Waals surface area (Å²) in [7, 11) is 0. The third kappa shape index (κ3) is 1.92. The second-order valence-electron chi connectivity index (χ2n) is 3.15. The molecule has 3 nitrogen and oxygen atoms in total. The second kappa shape index (κ2) is 3.87. The minimum atomic E-state index is -0.0489. The van der Waals surface area contributed by atoms with Crippen molar-refractivity contribution >= 4 is 28.9 Å². The van der Waals surface area contributed by atoms with Crippen LogP contribution < -0.4 is 5.01 Å². The molecule has 1 amide bonds. The number of rotatable bonds is 2. The Hall–Kier alpha value is -1.61. The summed E-state index contributed by atoms with van der Waals surface area (Å²) < 4.78 is 0. The molecule has 1 heterocycles. The predicted octanol–water partition coefficient (Wildman–Crippen LogP) is 2.62. The molecule has 0 spiro atoms. The molecule has 0 radical (unpaired) electrons. The highest BCUT2D eigenvalue weighted by Crippen LogP contribution is 2.22. The molecule has 15 heavy (non-hydrogen) atoms. The molecule has 0 fully saturated rings. The number of hydrazone groups is 1. The molecule has 1 aliphatic rings. The Morgan fingerprint density at radius 1 is 1.40 bits per heavy atom. The van der Waals surface area contributed by atoms with E-state index in [1.54, 1.807) is 30.3 Å². The lowest BCUT2D eigenvalue weighted by molar-refractivity contribution is -0.116. The maximum absolute atomic E-state index is 11.6. The van der Waals surface area contributed by atoms with Gasteiger partial charge >= 0.3 is 0 Å². The summed E-state index contributed by atoms with van der Waals surface area (Å²) in [6, 6.07) is 6.97. The van der Waals surface area contributed by atoms with Gasteiger partial charge in [-0.2, -0.15) is 5.10 Å². The van der Waals surface area contributed by atoms with Crippen molar-refractivity contribution in [2.75, 3.05) is 5.01 Å². The molecular formula is C11H9ClN2O. The van der Waals surface area contributed by atoms with Crippen LogP contribution in [0.25, 0.3) is 0 Å². The Morgan fingerprint density at radius 2 is 2.07 bits per heavy atom. The molecule has 1 aliphatic heterocycles. The van der Waals surface area contributed by atoms with Crippen molar-refractivity contribution in [1.82, 2.24) is 0 Å². The normalized spacial score (nSPS) is 15.4. The van der Waals surface area contributed by atoms with Gasteiger partial charge in [0, 0.05) is 5.02 Å². The van der Waals surface area contributed by atoms with E-state index in [4.69, 9.17) is 11.6 Å². The SMILES string of the molecule is C=CC1=NN(c2ccc(Cl)cc2)C(=O)C1. The van der Waals surface area contributed by atoms with Crippen LogP contribution in [0.3, 0.4) is 0 Å². The molecule has 0 aromatic heterocycles. The Morgan fingerprint density at radius 3 is 2.60 bits per heavy atom. The molecule has 4 heteroatoms. The zero-order valence-electron chi connectivity index (χ0n) is 7.98. The van der Waals surface area contributed by atoms with Gasteiger partial charge in [-0.05, 0) is 30.3 Å². The van der Waals surface area contributed by atoms with Crippen molar-refractivity contribution in [3.8, 4) is 0 Å². The van der Waals surface area contributed by atoms with E-state index >= 15 is 0 Å². The third-order valence-corrected chi connectivity index (χ3v) is 2.36. The van der Waals surface area contributed by atoms with E-state index in [-0.39, 0.29) is 5.91 Å². The molecular weight excluding hydrogens is 212 g/mol. The summed E-state index contributed by atoms with van der Waals surface area (Å²) >= 11 is 5.76. The second-order valence-corrected chi connectivity index (χ2v) is 3.59. The monoisotopic (exact) mass is 220 g/mol. The minimum Gasteiger partial charge on any atom is -0.272 e. The number of hydrogen-bond acceptors (Lipinski definition) is 2. The van der Waals surface area contributed by atoms with E-state index in [9.17, 15) is 4.79 Å². The molecule has 0 bridgehead atoms. The van der Waals surface area contributed by atoms with Gasteiger partial charge in [-0.1, -0.05) is 18.2 Å². The maximum atomic E-state index is 11.6. The number of hydrogen-bond donors (Lipinski definition) is 0.